The first-order chi connectivity index (χ1) is 26.9. The lowest BCUT2D eigenvalue weighted by Crippen LogP contribution is -2.29. The highest BCUT2D eigenvalue weighted by molar-refractivity contribution is 6.34. The molecule has 0 saturated heterocycles. The van der Waals surface area contributed by atoms with Gasteiger partial charge in [0.25, 0.3) is 23.6 Å². The predicted molar refractivity (Wildman–Crippen MR) is 212 cm³/mol. The maximum atomic E-state index is 13.7. The average molecular weight is 739 g/mol. The molecule has 0 atom stereocenters. The zero-order valence-corrected chi connectivity index (χ0v) is 30.9. The number of ether oxygens (including phenoxy) is 2. The van der Waals surface area contributed by atoms with E-state index in [-0.39, 0.29) is 22.8 Å². The Morgan fingerprint density at radius 1 is 0.554 bits per heavy atom. The number of imidazole rings is 1. The molecule has 0 saturated carbocycles. The fourth-order valence-corrected chi connectivity index (χ4v) is 7.22. The van der Waals surface area contributed by atoms with E-state index in [2.05, 4.69) is 18.8 Å². The molecular weight excluding hydrogens is 705 g/mol. The quantitative estimate of drug-likeness (QED) is 0.154. The summed E-state index contributed by atoms with van der Waals surface area (Å²) in [5.74, 6) is 1.31. The Morgan fingerprint density at radius 2 is 1.05 bits per heavy atom. The first-order valence-electron chi connectivity index (χ1n) is 18.1. The van der Waals surface area contributed by atoms with Crippen molar-refractivity contribution in [2.24, 2.45) is 0 Å². The van der Waals surface area contributed by atoms with Crippen LogP contribution in [0.25, 0.3) is 22.4 Å². The molecule has 4 amide bonds. The van der Waals surface area contributed by atoms with Crippen molar-refractivity contribution in [1.82, 2.24) is 14.9 Å². The molecule has 1 N–H and O–H groups in total. The molecule has 0 aliphatic carbocycles. The molecule has 56 heavy (non-hydrogen) atoms. The number of carbonyl (C=O) groups is 4. The monoisotopic (exact) mass is 738 g/mol. The second-order valence-corrected chi connectivity index (χ2v) is 14.6. The molecule has 1 aromatic heterocycles. The molecule has 7 aromatic rings. The number of aryl methyl sites for hydroxylation is 1. The second-order valence-electron chi connectivity index (χ2n) is 14.6. The average Bonchev–Trinajstić information content (AvgIpc) is 3.81. The molecule has 0 radical (unpaired) electrons. The van der Waals surface area contributed by atoms with Crippen molar-refractivity contribution in [2.75, 3.05) is 11.9 Å². The van der Waals surface area contributed by atoms with Gasteiger partial charge in [0.1, 0.15) is 28.8 Å². The van der Waals surface area contributed by atoms with Gasteiger partial charge in [0.2, 0.25) is 0 Å². The number of aromatic amines is 1. The Bertz CT molecular complexity index is 2770. The van der Waals surface area contributed by atoms with E-state index in [0.717, 1.165) is 38.2 Å². The smallest absolute Gasteiger partial charge is 0.266 e. The minimum atomic E-state index is -0.423. The predicted octanol–water partition coefficient (Wildman–Crippen LogP) is 9.48. The highest BCUT2D eigenvalue weighted by Gasteiger charge is 2.37. The van der Waals surface area contributed by atoms with Gasteiger partial charge in [-0.3, -0.25) is 24.1 Å². The van der Waals surface area contributed by atoms with Gasteiger partial charge in [-0.05, 0) is 96.9 Å². The van der Waals surface area contributed by atoms with E-state index in [4.69, 9.17) is 14.5 Å². The van der Waals surface area contributed by atoms with Crippen LogP contribution in [0, 0.1) is 6.92 Å². The standard InChI is InChI=1S/C46H34N4O6/c1-26-5-7-27(8-6-26)41-47-39-22-13-30(23-40(39)48-41)50-44(53)36-21-19-34(25-38(36)45(50)54)56-32-16-11-29(12-17-32)46(2,3)28-9-14-31(15-10-28)55-33-18-20-35-37(24-33)43(52)49(4)42(35)51/h5-25H,1-4H3,(H,47,48). The topological polar surface area (TPSA) is 122 Å². The summed E-state index contributed by atoms with van der Waals surface area (Å²) in [5.41, 5.74) is 7.03. The molecule has 6 aromatic carbocycles. The fourth-order valence-electron chi connectivity index (χ4n) is 7.22. The highest BCUT2D eigenvalue weighted by atomic mass is 16.5. The molecule has 0 bridgehead atoms. The number of benzene rings is 6. The molecule has 274 valence electrons. The molecule has 0 unspecified atom stereocenters. The Kier molecular flexibility index (Phi) is 7.94. The van der Waals surface area contributed by atoms with Crippen LogP contribution >= 0.6 is 0 Å². The van der Waals surface area contributed by atoms with Crippen LogP contribution in [-0.2, 0) is 5.41 Å². The van der Waals surface area contributed by atoms with E-state index in [1.165, 1.54) is 11.9 Å². The van der Waals surface area contributed by atoms with Crippen molar-refractivity contribution < 1.29 is 28.7 Å². The Balaban J connectivity index is 0.877. The Morgan fingerprint density at radius 3 is 1.64 bits per heavy atom. The summed E-state index contributed by atoms with van der Waals surface area (Å²) in [6.45, 7) is 6.28. The third kappa shape index (κ3) is 5.79. The summed E-state index contributed by atoms with van der Waals surface area (Å²) in [5, 5.41) is 0. The highest BCUT2D eigenvalue weighted by Crippen LogP contribution is 2.37. The number of hydrogen-bond acceptors (Lipinski definition) is 7. The lowest BCUT2D eigenvalue weighted by molar-refractivity contribution is 0.0692. The van der Waals surface area contributed by atoms with E-state index in [1.807, 2.05) is 79.7 Å². The molecule has 2 aliphatic heterocycles. The number of aromatic nitrogens is 2. The lowest BCUT2D eigenvalue weighted by atomic mass is 9.78. The van der Waals surface area contributed by atoms with E-state index >= 15 is 0 Å². The van der Waals surface area contributed by atoms with Crippen LogP contribution < -0.4 is 14.4 Å². The third-order valence-corrected chi connectivity index (χ3v) is 10.6. The Hall–Kier alpha value is -7.33. The molecule has 3 heterocycles. The zero-order valence-electron chi connectivity index (χ0n) is 30.9. The van der Waals surface area contributed by atoms with E-state index < -0.39 is 11.8 Å². The summed E-state index contributed by atoms with van der Waals surface area (Å²) >= 11 is 0. The van der Waals surface area contributed by atoms with E-state index in [0.29, 0.717) is 51.2 Å². The van der Waals surface area contributed by atoms with E-state index in [9.17, 15) is 19.2 Å². The first kappa shape index (κ1) is 34.4. The second kappa shape index (κ2) is 12.9. The number of rotatable bonds is 8. The van der Waals surface area contributed by atoms with Crippen LogP contribution in [0.1, 0.15) is 72.0 Å². The maximum absolute atomic E-state index is 13.7. The fraction of sp³-hybridized carbons (Fsp3) is 0.109. The van der Waals surface area contributed by atoms with Crippen LogP contribution in [0.4, 0.5) is 5.69 Å². The first-order valence-corrected chi connectivity index (χ1v) is 18.1. The summed E-state index contributed by atoms with van der Waals surface area (Å²) in [6.07, 6.45) is 0. The van der Waals surface area contributed by atoms with Gasteiger partial charge in [-0.15, -0.1) is 0 Å². The number of nitrogens with zero attached hydrogens (tertiary/aromatic N) is 3. The molecule has 10 heteroatoms. The van der Waals surface area contributed by atoms with Crippen molar-refractivity contribution in [3.63, 3.8) is 0 Å². The number of amides is 4. The summed E-state index contributed by atoms with van der Waals surface area (Å²) in [4.78, 5) is 62.1. The number of fused-ring (bicyclic) bond motifs is 3. The van der Waals surface area contributed by atoms with Gasteiger partial charge < -0.3 is 14.5 Å². The van der Waals surface area contributed by atoms with Crippen LogP contribution in [0.5, 0.6) is 23.0 Å². The normalized spacial score (nSPS) is 13.8. The number of imide groups is 2. The van der Waals surface area contributed by atoms with Crippen LogP contribution in [0.15, 0.2) is 127 Å². The van der Waals surface area contributed by atoms with Crippen LogP contribution in [0.2, 0.25) is 0 Å². The molecule has 10 nitrogen and oxygen atoms in total. The van der Waals surface area contributed by atoms with Gasteiger partial charge in [0.05, 0.1) is 39.0 Å². The number of H-pyrrole nitrogens is 1. The molecule has 0 spiro atoms. The third-order valence-electron chi connectivity index (χ3n) is 10.6. The largest absolute Gasteiger partial charge is 0.457 e. The van der Waals surface area contributed by atoms with Crippen LogP contribution in [-0.4, -0.2) is 45.5 Å². The summed E-state index contributed by atoms with van der Waals surface area (Å²) in [6, 6.07) is 38.7. The SMILES string of the molecule is Cc1ccc(-c2nc3ccc(N4C(=O)c5ccc(Oc6ccc(C(C)(C)c7ccc(Oc8ccc9c(c8)C(=O)N(C)C9=O)cc7)cc6)cc5C4=O)cc3[nH]2)cc1. The van der Waals surface area contributed by atoms with Gasteiger partial charge in [0, 0.05) is 18.0 Å². The molecule has 0 fully saturated rings. The summed E-state index contributed by atoms with van der Waals surface area (Å²) < 4.78 is 12.2. The van der Waals surface area contributed by atoms with Gasteiger partial charge in [-0.1, -0.05) is 67.9 Å². The molecular formula is C46H34N4O6. The minimum Gasteiger partial charge on any atom is -0.457 e. The van der Waals surface area contributed by atoms with Crippen molar-refractivity contribution in [3.05, 3.63) is 166 Å². The van der Waals surface area contributed by atoms with Crippen LogP contribution in [0.3, 0.4) is 0 Å². The number of carbonyl (C=O) groups excluding carboxylic acids is 4. The molecule has 2 aliphatic rings. The van der Waals surface area contributed by atoms with E-state index in [1.54, 1.807) is 54.6 Å². The number of nitrogens with one attached hydrogen (secondary N) is 1. The minimum absolute atomic E-state index is 0.273. The molecule has 9 rings (SSSR count). The van der Waals surface area contributed by atoms with Gasteiger partial charge >= 0.3 is 0 Å². The number of anilines is 1. The summed E-state index contributed by atoms with van der Waals surface area (Å²) in [7, 11) is 1.47. The zero-order chi connectivity index (χ0) is 38.9. The van der Waals surface area contributed by atoms with Gasteiger partial charge in [0.15, 0.2) is 0 Å². The van der Waals surface area contributed by atoms with Gasteiger partial charge in [-0.25, -0.2) is 9.88 Å². The van der Waals surface area contributed by atoms with Crippen molar-refractivity contribution in [3.8, 4) is 34.4 Å². The number of hydrogen-bond donors (Lipinski definition) is 1. The lowest BCUT2D eigenvalue weighted by Gasteiger charge is -2.26. The van der Waals surface area contributed by atoms with Crippen molar-refractivity contribution in [2.45, 2.75) is 26.2 Å². The maximum Gasteiger partial charge on any atom is 0.266 e. The van der Waals surface area contributed by atoms with Crippen molar-refractivity contribution >= 4 is 40.3 Å². The van der Waals surface area contributed by atoms with Gasteiger partial charge in [-0.2, -0.15) is 0 Å². The van der Waals surface area contributed by atoms with Crippen molar-refractivity contribution in [1.29, 1.82) is 0 Å². The Labute approximate surface area is 321 Å².